The van der Waals surface area contributed by atoms with E-state index in [9.17, 15) is 0 Å². The third-order valence-electron chi connectivity index (χ3n) is 2.11. The largest absolute Gasteiger partial charge is 0.486 e. The lowest BCUT2D eigenvalue weighted by molar-refractivity contribution is 0.266. The van der Waals surface area contributed by atoms with E-state index in [1.54, 1.807) is 12.1 Å². The van der Waals surface area contributed by atoms with Crippen LogP contribution in [-0.4, -0.2) is 6.10 Å². The Hall–Kier alpha value is -0.990. The molecule has 0 radical (unpaired) electrons. The molecule has 1 rings (SSSR count). The molecule has 0 saturated carbocycles. The normalized spacial score (nSPS) is 14.4. The first kappa shape index (κ1) is 12.1. The molecule has 0 heterocycles. The summed E-state index contributed by atoms with van der Waals surface area (Å²) in [4.78, 5) is 0. The Balaban J connectivity index is 3.00. The van der Waals surface area contributed by atoms with Crippen LogP contribution < -0.4 is 10.5 Å². The van der Waals surface area contributed by atoms with Crippen molar-refractivity contribution >= 4 is 11.6 Å². The van der Waals surface area contributed by atoms with Gasteiger partial charge in [-0.1, -0.05) is 24.3 Å². The molecule has 2 nitrogen and oxygen atoms in total. The van der Waals surface area contributed by atoms with Gasteiger partial charge in [-0.3, -0.25) is 0 Å². The highest BCUT2D eigenvalue weighted by atomic mass is 35.5. The Bertz CT molecular complexity index is 349. The molecule has 2 N–H and O–H groups in total. The second-order valence-electron chi connectivity index (χ2n) is 3.53. The predicted molar refractivity (Wildman–Crippen MR) is 64.3 cm³/mol. The summed E-state index contributed by atoms with van der Waals surface area (Å²) in [5.74, 6) is 0.766. The number of rotatable bonds is 4. The van der Waals surface area contributed by atoms with E-state index >= 15 is 0 Å². The van der Waals surface area contributed by atoms with Crippen LogP contribution in [0, 0.1) is 0 Å². The maximum absolute atomic E-state index is 5.90. The van der Waals surface area contributed by atoms with E-state index in [0.29, 0.717) is 5.02 Å². The van der Waals surface area contributed by atoms with Gasteiger partial charge in [-0.15, -0.1) is 0 Å². The van der Waals surface area contributed by atoms with Crippen molar-refractivity contribution in [1.82, 2.24) is 0 Å². The highest BCUT2D eigenvalue weighted by Crippen LogP contribution is 2.28. The molecule has 1 unspecified atom stereocenters. The summed E-state index contributed by atoms with van der Waals surface area (Å²) in [5.41, 5.74) is 6.75. The molecule has 0 amide bonds. The van der Waals surface area contributed by atoms with Crippen molar-refractivity contribution in [2.45, 2.75) is 26.0 Å². The number of nitrogens with two attached hydrogens (primary N) is 1. The summed E-state index contributed by atoms with van der Waals surface area (Å²) in [7, 11) is 0. The predicted octanol–water partition coefficient (Wildman–Crippen LogP) is 3.31. The van der Waals surface area contributed by atoms with Crippen molar-refractivity contribution < 1.29 is 4.74 Å². The van der Waals surface area contributed by atoms with Crippen molar-refractivity contribution in [1.29, 1.82) is 0 Å². The minimum atomic E-state index is -0.101. The molecule has 1 aromatic rings. The van der Waals surface area contributed by atoms with Gasteiger partial charge in [0.25, 0.3) is 0 Å². The van der Waals surface area contributed by atoms with E-state index in [0.717, 1.165) is 11.3 Å². The second-order valence-corrected chi connectivity index (χ2v) is 3.97. The van der Waals surface area contributed by atoms with Crippen LogP contribution in [0.15, 0.2) is 30.9 Å². The Morgan fingerprint density at radius 2 is 2.13 bits per heavy atom. The first-order valence-electron chi connectivity index (χ1n) is 4.89. The maximum Gasteiger partial charge on any atom is 0.125 e. The smallest absolute Gasteiger partial charge is 0.125 e. The van der Waals surface area contributed by atoms with Gasteiger partial charge in [-0.25, -0.2) is 0 Å². The van der Waals surface area contributed by atoms with Crippen molar-refractivity contribution in [3.8, 4) is 5.75 Å². The third kappa shape index (κ3) is 3.26. The number of halogens is 1. The Kier molecular flexibility index (Phi) is 4.18. The number of ether oxygens (including phenoxy) is 1. The van der Waals surface area contributed by atoms with Crippen LogP contribution in [0.1, 0.15) is 25.5 Å². The van der Waals surface area contributed by atoms with E-state index in [4.69, 9.17) is 22.1 Å². The highest BCUT2D eigenvalue weighted by molar-refractivity contribution is 6.30. The number of hydrogen-bond donors (Lipinski definition) is 1. The fourth-order valence-corrected chi connectivity index (χ4v) is 1.41. The first-order chi connectivity index (χ1) is 7.04. The van der Waals surface area contributed by atoms with Gasteiger partial charge in [0.15, 0.2) is 0 Å². The highest BCUT2D eigenvalue weighted by Gasteiger charge is 2.10. The number of hydrogen-bond acceptors (Lipinski definition) is 2. The van der Waals surface area contributed by atoms with E-state index in [-0.39, 0.29) is 12.1 Å². The molecule has 0 bridgehead atoms. The van der Waals surface area contributed by atoms with Crippen LogP contribution in [0.3, 0.4) is 0 Å². The SMILES string of the molecule is C=CC(C)Oc1ccc(Cl)cc1[C@@H](C)N. The molecular weight excluding hydrogens is 210 g/mol. The molecule has 0 aliphatic rings. The van der Waals surface area contributed by atoms with Crippen molar-refractivity contribution in [3.63, 3.8) is 0 Å². The van der Waals surface area contributed by atoms with Crippen molar-refractivity contribution in [2.24, 2.45) is 5.73 Å². The molecule has 0 aliphatic carbocycles. The van der Waals surface area contributed by atoms with E-state index in [1.165, 1.54) is 0 Å². The lowest BCUT2D eigenvalue weighted by Crippen LogP contribution is -2.12. The number of benzene rings is 1. The minimum absolute atomic E-state index is 0.0383. The zero-order valence-electron chi connectivity index (χ0n) is 9.03. The summed E-state index contributed by atoms with van der Waals surface area (Å²) < 4.78 is 5.65. The van der Waals surface area contributed by atoms with Gasteiger partial charge in [0.05, 0.1) is 0 Å². The quantitative estimate of drug-likeness (QED) is 0.798. The molecule has 2 atom stereocenters. The Morgan fingerprint density at radius 3 is 2.67 bits per heavy atom. The topological polar surface area (TPSA) is 35.2 Å². The molecule has 0 aliphatic heterocycles. The van der Waals surface area contributed by atoms with Crippen LogP contribution in [0.5, 0.6) is 5.75 Å². The molecule has 0 fully saturated rings. The van der Waals surface area contributed by atoms with Crippen molar-refractivity contribution in [2.75, 3.05) is 0 Å². The van der Waals surface area contributed by atoms with Crippen LogP contribution in [0.25, 0.3) is 0 Å². The van der Waals surface area contributed by atoms with Gasteiger partial charge in [0.2, 0.25) is 0 Å². The summed E-state index contributed by atoms with van der Waals surface area (Å²) in [6.07, 6.45) is 1.70. The fraction of sp³-hybridized carbons (Fsp3) is 0.333. The zero-order chi connectivity index (χ0) is 11.4. The van der Waals surface area contributed by atoms with Gasteiger partial charge < -0.3 is 10.5 Å². The molecule has 0 aromatic heterocycles. The van der Waals surface area contributed by atoms with Gasteiger partial charge in [0, 0.05) is 16.6 Å². The first-order valence-corrected chi connectivity index (χ1v) is 5.26. The summed E-state index contributed by atoms with van der Waals surface area (Å²) >= 11 is 5.90. The maximum atomic E-state index is 5.90. The van der Waals surface area contributed by atoms with Crippen LogP contribution in [0.2, 0.25) is 5.02 Å². The van der Waals surface area contributed by atoms with Gasteiger partial charge in [-0.05, 0) is 32.0 Å². The molecule has 15 heavy (non-hydrogen) atoms. The average molecular weight is 226 g/mol. The van der Waals surface area contributed by atoms with E-state index < -0.39 is 0 Å². The second kappa shape index (κ2) is 5.19. The molecule has 1 aromatic carbocycles. The summed E-state index contributed by atoms with van der Waals surface area (Å²) in [6, 6.07) is 5.35. The monoisotopic (exact) mass is 225 g/mol. The minimum Gasteiger partial charge on any atom is -0.486 e. The molecule has 0 saturated heterocycles. The standard InChI is InChI=1S/C12H16ClNO/c1-4-8(2)15-12-6-5-10(13)7-11(12)9(3)14/h4-9H,1,14H2,2-3H3/t8?,9-/m1/s1. The average Bonchev–Trinajstić information content (AvgIpc) is 2.20. The molecule has 3 heteroatoms. The van der Waals surface area contributed by atoms with Crippen LogP contribution in [-0.2, 0) is 0 Å². The molecule has 0 spiro atoms. The Labute approximate surface area is 95.7 Å². The fourth-order valence-electron chi connectivity index (χ4n) is 1.23. The summed E-state index contributed by atoms with van der Waals surface area (Å²) in [5, 5.41) is 0.668. The zero-order valence-corrected chi connectivity index (χ0v) is 9.79. The van der Waals surface area contributed by atoms with Crippen LogP contribution in [0.4, 0.5) is 0 Å². The van der Waals surface area contributed by atoms with E-state index in [2.05, 4.69) is 6.58 Å². The molecule has 82 valence electrons. The summed E-state index contributed by atoms with van der Waals surface area (Å²) in [6.45, 7) is 7.49. The third-order valence-corrected chi connectivity index (χ3v) is 2.34. The van der Waals surface area contributed by atoms with Gasteiger partial charge in [0.1, 0.15) is 11.9 Å². The van der Waals surface area contributed by atoms with Crippen LogP contribution >= 0.6 is 11.6 Å². The van der Waals surface area contributed by atoms with Crippen molar-refractivity contribution in [3.05, 3.63) is 41.4 Å². The van der Waals surface area contributed by atoms with Gasteiger partial charge >= 0.3 is 0 Å². The van der Waals surface area contributed by atoms with E-state index in [1.807, 2.05) is 26.0 Å². The lowest BCUT2D eigenvalue weighted by atomic mass is 10.1. The van der Waals surface area contributed by atoms with Gasteiger partial charge in [-0.2, -0.15) is 0 Å². The Morgan fingerprint density at radius 1 is 1.47 bits per heavy atom. The lowest BCUT2D eigenvalue weighted by Gasteiger charge is -2.16. The molecular formula is C12H16ClNO.